The van der Waals surface area contributed by atoms with Crippen molar-refractivity contribution in [1.29, 1.82) is 0 Å². The predicted molar refractivity (Wildman–Crippen MR) is 112 cm³/mol. The maximum absolute atomic E-state index is 12.7. The number of nitrogens with zero attached hydrogens (tertiary/aromatic N) is 4. The number of hydrogen-bond donors (Lipinski definition) is 2. The number of benzene rings is 1. The zero-order valence-corrected chi connectivity index (χ0v) is 17.8. The van der Waals surface area contributed by atoms with E-state index in [2.05, 4.69) is 29.2 Å². The molecule has 2 aliphatic heterocycles. The Morgan fingerprint density at radius 1 is 1.20 bits per heavy atom. The van der Waals surface area contributed by atoms with Crippen molar-refractivity contribution in [3.63, 3.8) is 0 Å². The molecule has 2 atom stereocenters. The number of aromatic amines is 1. The van der Waals surface area contributed by atoms with Gasteiger partial charge < -0.3 is 4.74 Å². The van der Waals surface area contributed by atoms with Crippen molar-refractivity contribution in [3.05, 3.63) is 48.0 Å². The summed E-state index contributed by atoms with van der Waals surface area (Å²) in [6.07, 6.45) is 7.39. The van der Waals surface area contributed by atoms with E-state index in [1.165, 1.54) is 12.7 Å². The summed E-state index contributed by atoms with van der Waals surface area (Å²) in [6, 6.07) is 7.62. The molecule has 0 spiro atoms. The Labute approximate surface area is 178 Å². The van der Waals surface area contributed by atoms with Gasteiger partial charge in [-0.1, -0.05) is 12.5 Å². The van der Waals surface area contributed by atoms with Gasteiger partial charge in [-0.05, 0) is 31.5 Å². The molecule has 0 unspecified atom stereocenters. The molecule has 1 fully saturated rings. The SMILES string of the molecule is O=S(=O)(Nc1ncns1)c1ccc2c(c1)OCC[C@@H]2N1CCCC[C@H]1c1ccn[nH]1. The molecule has 30 heavy (non-hydrogen) atoms. The fraction of sp³-hybridized carbons (Fsp3) is 0.421. The molecule has 158 valence electrons. The minimum Gasteiger partial charge on any atom is -0.493 e. The molecule has 0 saturated carbocycles. The molecular weight excluding hydrogens is 424 g/mol. The molecule has 1 saturated heterocycles. The monoisotopic (exact) mass is 446 g/mol. The summed E-state index contributed by atoms with van der Waals surface area (Å²) in [5.41, 5.74) is 2.16. The topological polar surface area (TPSA) is 113 Å². The number of H-pyrrole nitrogens is 1. The molecule has 9 nitrogen and oxygen atoms in total. The number of likely N-dealkylation sites (tertiary alicyclic amines) is 1. The van der Waals surface area contributed by atoms with E-state index in [9.17, 15) is 8.42 Å². The Balaban J connectivity index is 1.45. The molecule has 2 aromatic heterocycles. The number of hydrogen-bond acceptors (Lipinski definition) is 8. The fourth-order valence-corrected chi connectivity index (χ4v) is 6.04. The van der Waals surface area contributed by atoms with Crippen LogP contribution in [0.15, 0.2) is 41.7 Å². The van der Waals surface area contributed by atoms with Crippen molar-refractivity contribution in [1.82, 2.24) is 24.5 Å². The molecular formula is C19H22N6O3S2. The van der Waals surface area contributed by atoms with Crippen LogP contribution >= 0.6 is 11.5 Å². The largest absolute Gasteiger partial charge is 0.493 e. The fourth-order valence-electron chi connectivity index (χ4n) is 4.37. The van der Waals surface area contributed by atoms with E-state index in [1.807, 2.05) is 12.1 Å². The molecule has 5 rings (SSSR count). The molecule has 1 aromatic carbocycles. The number of anilines is 1. The Morgan fingerprint density at radius 3 is 2.93 bits per heavy atom. The third-order valence-electron chi connectivity index (χ3n) is 5.71. The zero-order chi connectivity index (χ0) is 20.6. The van der Waals surface area contributed by atoms with Gasteiger partial charge in [-0.15, -0.1) is 0 Å². The third kappa shape index (κ3) is 3.68. The summed E-state index contributed by atoms with van der Waals surface area (Å²) in [5.74, 6) is 0.625. The summed E-state index contributed by atoms with van der Waals surface area (Å²) >= 11 is 0.994. The van der Waals surface area contributed by atoms with E-state index < -0.39 is 10.0 Å². The minimum absolute atomic E-state index is 0.154. The lowest BCUT2D eigenvalue weighted by molar-refractivity contribution is 0.0648. The van der Waals surface area contributed by atoms with Crippen LogP contribution in [0, 0.1) is 0 Å². The average Bonchev–Trinajstić information content (AvgIpc) is 3.47. The van der Waals surface area contributed by atoms with Crippen LogP contribution in [0.5, 0.6) is 5.75 Å². The molecule has 11 heteroatoms. The van der Waals surface area contributed by atoms with Crippen LogP contribution in [0.4, 0.5) is 5.13 Å². The van der Waals surface area contributed by atoms with Crippen molar-refractivity contribution >= 4 is 26.7 Å². The highest BCUT2D eigenvalue weighted by Gasteiger charge is 2.35. The molecule has 0 aliphatic carbocycles. The van der Waals surface area contributed by atoms with Crippen molar-refractivity contribution in [2.45, 2.75) is 42.7 Å². The zero-order valence-electron chi connectivity index (χ0n) is 16.2. The molecule has 2 N–H and O–H groups in total. The van der Waals surface area contributed by atoms with Crippen LogP contribution in [0.1, 0.15) is 49.0 Å². The van der Waals surface area contributed by atoms with Crippen LogP contribution < -0.4 is 9.46 Å². The number of aromatic nitrogens is 4. The summed E-state index contributed by atoms with van der Waals surface area (Å²) in [7, 11) is -3.75. The third-order valence-corrected chi connectivity index (χ3v) is 7.76. The first-order valence-electron chi connectivity index (χ1n) is 9.93. The van der Waals surface area contributed by atoms with Gasteiger partial charge in [-0.3, -0.25) is 14.7 Å². The average molecular weight is 447 g/mol. The van der Waals surface area contributed by atoms with Crippen LogP contribution in [-0.2, 0) is 10.0 Å². The Morgan fingerprint density at radius 2 is 2.13 bits per heavy atom. The van der Waals surface area contributed by atoms with Crippen molar-refractivity contribution < 1.29 is 13.2 Å². The number of piperidine rings is 1. The molecule has 4 heterocycles. The van der Waals surface area contributed by atoms with Crippen LogP contribution in [0.25, 0.3) is 0 Å². The van der Waals surface area contributed by atoms with Gasteiger partial charge in [0.05, 0.1) is 23.2 Å². The van der Waals surface area contributed by atoms with E-state index in [-0.39, 0.29) is 22.1 Å². The maximum Gasteiger partial charge on any atom is 0.263 e. The second-order valence-corrected chi connectivity index (χ2v) is 9.93. The van der Waals surface area contributed by atoms with Crippen molar-refractivity contribution in [3.8, 4) is 5.75 Å². The summed E-state index contributed by atoms with van der Waals surface area (Å²) in [4.78, 5) is 6.55. The van der Waals surface area contributed by atoms with E-state index in [4.69, 9.17) is 4.74 Å². The van der Waals surface area contributed by atoms with Crippen molar-refractivity contribution in [2.24, 2.45) is 0 Å². The first-order chi connectivity index (χ1) is 14.6. The maximum atomic E-state index is 12.7. The van der Waals surface area contributed by atoms with Gasteiger partial charge in [0.15, 0.2) is 0 Å². The summed E-state index contributed by atoms with van der Waals surface area (Å²) in [5, 5.41) is 7.50. The highest BCUT2D eigenvalue weighted by molar-refractivity contribution is 7.93. The normalized spacial score (nSPS) is 22.3. The van der Waals surface area contributed by atoms with Gasteiger partial charge in [-0.2, -0.15) is 9.47 Å². The summed E-state index contributed by atoms with van der Waals surface area (Å²) < 4.78 is 37.6. The second kappa shape index (κ2) is 7.97. The molecule has 2 aliphatic rings. The molecule has 3 aromatic rings. The number of sulfonamides is 1. The number of ether oxygens (including phenoxy) is 1. The van der Waals surface area contributed by atoms with E-state index in [1.54, 1.807) is 18.3 Å². The van der Waals surface area contributed by atoms with Gasteiger partial charge in [0.2, 0.25) is 5.13 Å². The lowest BCUT2D eigenvalue weighted by atomic mass is 9.92. The van der Waals surface area contributed by atoms with Crippen molar-refractivity contribution in [2.75, 3.05) is 17.9 Å². The quantitative estimate of drug-likeness (QED) is 0.619. The first-order valence-corrected chi connectivity index (χ1v) is 12.2. The lowest BCUT2D eigenvalue weighted by Crippen LogP contribution is -2.39. The highest BCUT2D eigenvalue weighted by atomic mass is 32.2. The second-order valence-electron chi connectivity index (χ2n) is 7.47. The Hall–Kier alpha value is -2.50. The van der Waals surface area contributed by atoms with Crippen LogP contribution in [-0.4, -0.2) is 46.0 Å². The minimum atomic E-state index is -3.75. The van der Waals surface area contributed by atoms with Gasteiger partial charge in [0.1, 0.15) is 12.1 Å². The number of nitrogens with one attached hydrogen (secondary N) is 2. The smallest absolute Gasteiger partial charge is 0.263 e. The Bertz CT molecular complexity index is 1100. The first kappa shape index (κ1) is 19.5. The lowest BCUT2D eigenvalue weighted by Gasteiger charge is -2.43. The highest BCUT2D eigenvalue weighted by Crippen LogP contribution is 2.43. The molecule has 0 bridgehead atoms. The van der Waals surface area contributed by atoms with Crippen LogP contribution in [0.3, 0.4) is 0 Å². The van der Waals surface area contributed by atoms with Gasteiger partial charge in [0, 0.05) is 41.8 Å². The van der Waals surface area contributed by atoms with E-state index in [0.717, 1.165) is 48.6 Å². The summed E-state index contributed by atoms with van der Waals surface area (Å²) in [6.45, 7) is 1.55. The molecule has 0 radical (unpaired) electrons. The van der Waals surface area contributed by atoms with Crippen LogP contribution in [0.2, 0.25) is 0 Å². The predicted octanol–water partition coefficient (Wildman–Crippen LogP) is 3.11. The molecule has 0 amide bonds. The standard InChI is InChI=1S/C19H22N6O3S2/c26-30(27,24-19-20-12-22-29-19)13-4-5-14-16(7-10-28-18(14)11-13)25-9-2-1-3-17(25)15-6-8-21-23-15/h4-6,8,11-12,16-17H,1-3,7,9-10H2,(H,21,23)(H,20,22,24)/t16-,17-/m0/s1. The number of fused-ring (bicyclic) bond motifs is 1. The van der Waals surface area contributed by atoms with Gasteiger partial charge >= 0.3 is 0 Å². The van der Waals surface area contributed by atoms with E-state index >= 15 is 0 Å². The Kier molecular flexibility index (Phi) is 5.17. The van der Waals surface area contributed by atoms with E-state index in [0.29, 0.717) is 12.4 Å². The van der Waals surface area contributed by atoms with Gasteiger partial charge in [-0.25, -0.2) is 13.4 Å². The van der Waals surface area contributed by atoms with Gasteiger partial charge in [0.25, 0.3) is 10.0 Å². The number of rotatable bonds is 5.